The van der Waals surface area contributed by atoms with Crippen molar-refractivity contribution in [2.75, 3.05) is 11.5 Å². The fourth-order valence-electron chi connectivity index (χ4n) is 1.70. The van der Waals surface area contributed by atoms with Crippen LogP contribution >= 0.6 is 0 Å². The number of hydrogen-bond donors (Lipinski definition) is 2. The van der Waals surface area contributed by atoms with Crippen molar-refractivity contribution >= 4 is 29.1 Å². The number of rotatable bonds is 2. The second-order valence-electron chi connectivity index (χ2n) is 3.33. The molecule has 2 heterocycles. The molecule has 0 fully saturated rings. The molecule has 2 rings (SSSR count). The van der Waals surface area contributed by atoms with Gasteiger partial charge in [-0.2, -0.15) is 9.97 Å². The van der Waals surface area contributed by atoms with Gasteiger partial charge in [0.15, 0.2) is 11.9 Å². The average Bonchev–Trinajstić information content (AvgIpc) is 2.27. The van der Waals surface area contributed by atoms with Gasteiger partial charge in [0.25, 0.3) is 0 Å². The summed E-state index contributed by atoms with van der Waals surface area (Å²) in [4.78, 5) is 22.8. The van der Waals surface area contributed by atoms with E-state index < -0.39 is 0 Å². The normalized spacial score (nSPS) is 10.6. The van der Waals surface area contributed by atoms with Crippen molar-refractivity contribution in [1.29, 1.82) is 0 Å². The van der Waals surface area contributed by atoms with E-state index in [1.54, 1.807) is 0 Å². The molecule has 0 aliphatic carbocycles. The van der Waals surface area contributed by atoms with Gasteiger partial charge in [-0.1, -0.05) is 6.92 Å². The lowest BCUT2D eigenvalue weighted by molar-refractivity contribution is 0.112. The van der Waals surface area contributed by atoms with Gasteiger partial charge in [-0.25, -0.2) is 4.98 Å². The van der Waals surface area contributed by atoms with Gasteiger partial charge in [0.05, 0.1) is 5.39 Å². The number of nitrogen functional groups attached to an aromatic ring is 2. The first-order valence-electron chi connectivity index (χ1n) is 4.83. The quantitative estimate of drug-likeness (QED) is 0.712. The van der Waals surface area contributed by atoms with Crippen LogP contribution in [0, 0.1) is 0 Å². The van der Waals surface area contributed by atoms with Gasteiger partial charge < -0.3 is 11.5 Å². The first-order chi connectivity index (χ1) is 7.67. The van der Waals surface area contributed by atoms with Crippen molar-refractivity contribution < 1.29 is 4.79 Å². The molecule has 0 amide bonds. The van der Waals surface area contributed by atoms with Crippen LogP contribution in [-0.2, 0) is 6.42 Å². The predicted octanol–water partition coefficient (Wildman–Crippen LogP) is 0.564. The highest BCUT2D eigenvalue weighted by Gasteiger charge is 2.12. The molecular formula is C10H11N5O. The van der Waals surface area contributed by atoms with Crippen LogP contribution in [0.3, 0.4) is 0 Å². The molecule has 0 saturated carbocycles. The van der Waals surface area contributed by atoms with Crippen LogP contribution in [0.4, 0.5) is 11.8 Å². The molecule has 0 aliphatic heterocycles. The third kappa shape index (κ3) is 1.44. The Morgan fingerprint density at radius 1 is 1.38 bits per heavy atom. The van der Waals surface area contributed by atoms with Crippen LogP contribution in [0.1, 0.15) is 22.8 Å². The molecule has 0 radical (unpaired) electrons. The number of nitrogens with two attached hydrogens (primary N) is 2. The zero-order valence-electron chi connectivity index (χ0n) is 8.77. The summed E-state index contributed by atoms with van der Waals surface area (Å²) in [5.74, 6) is 0.342. The molecular weight excluding hydrogens is 206 g/mol. The maximum atomic E-state index is 10.9. The monoisotopic (exact) mass is 217 g/mol. The Bertz CT molecular complexity index is 567. The Morgan fingerprint density at radius 2 is 2.12 bits per heavy atom. The summed E-state index contributed by atoms with van der Waals surface area (Å²) in [6.07, 6.45) is 2.88. The van der Waals surface area contributed by atoms with Crippen LogP contribution in [-0.4, -0.2) is 21.2 Å². The highest BCUT2D eigenvalue weighted by molar-refractivity contribution is 5.94. The Labute approximate surface area is 91.7 Å². The maximum absolute atomic E-state index is 10.9. The fraction of sp³-hybridized carbons (Fsp3) is 0.200. The Hall–Kier alpha value is -2.24. The van der Waals surface area contributed by atoms with E-state index in [1.807, 2.05) is 6.92 Å². The lowest BCUT2D eigenvalue weighted by Crippen LogP contribution is -2.05. The van der Waals surface area contributed by atoms with Crippen LogP contribution in [0.15, 0.2) is 6.20 Å². The number of nitrogens with zero attached hydrogens (tertiary/aromatic N) is 3. The van der Waals surface area contributed by atoms with Gasteiger partial charge >= 0.3 is 0 Å². The number of hydrogen-bond acceptors (Lipinski definition) is 6. The molecule has 0 aliphatic rings. The van der Waals surface area contributed by atoms with E-state index in [4.69, 9.17) is 11.5 Å². The number of anilines is 2. The van der Waals surface area contributed by atoms with Gasteiger partial charge in [0.2, 0.25) is 5.95 Å². The zero-order valence-corrected chi connectivity index (χ0v) is 8.77. The second-order valence-corrected chi connectivity index (χ2v) is 3.33. The molecule has 6 nitrogen and oxygen atoms in total. The molecule has 2 aromatic rings. The van der Waals surface area contributed by atoms with E-state index in [0.717, 1.165) is 11.8 Å². The molecule has 0 unspecified atom stereocenters. The SMILES string of the molecule is CCc1c(C=O)cnc2nc(N)nc(N)c12. The minimum atomic E-state index is 0.0819. The first kappa shape index (κ1) is 10.3. The van der Waals surface area contributed by atoms with E-state index in [2.05, 4.69) is 15.0 Å². The summed E-state index contributed by atoms with van der Waals surface area (Å²) in [6.45, 7) is 1.93. The number of pyridine rings is 1. The fourth-order valence-corrected chi connectivity index (χ4v) is 1.70. The van der Waals surface area contributed by atoms with Crippen LogP contribution in [0.5, 0.6) is 0 Å². The number of aldehydes is 1. The molecule has 82 valence electrons. The summed E-state index contributed by atoms with van der Waals surface area (Å²) >= 11 is 0. The minimum Gasteiger partial charge on any atom is -0.383 e. The smallest absolute Gasteiger partial charge is 0.224 e. The summed E-state index contributed by atoms with van der Waals surface area (Å²) in [5, 5.41) is 0.612. The second kappa shape index (κ2) is 3.73. The Morgan fingerprint density at radius 3 is 2.75 bits per heavy atom. The summed E-state index contributed by atoms with van der Waals surface area (Å²) in [7, 11) is 0. The molecule has 16 heavy (non-hydrogen) atoms. The third-order valence-corrected chi connectivity index (χ3v) is 2.39. The van der Waals surface area contributed by atoms with Gasteiger partial charge in [0, 0.05) is 11.8 Å². The van der Waals surface area contributed by atoms with Crippen LogP contribution in [0.25, 0.3) is 11.0 Å². The molecule has 0 saturated heterocycles. The summed E-state index contributed by atoms with van der Waals surface area (Å²) in [6, 6.07) is 0. The lowest BCUT2D eigenvalue weighted by Gasteiger charge is -2.08. The molecule has 2 aromatic heterocycles. The maximum Gasteiger partial charge on any atom is 0.224 e. The Balaban J connectivity index is 2.91. The lowest BCUT2D eigenvalue weighted by atomic mass is 10.0. The van der Waals surface area contributed by atoms with Gasteiger partial charge in [0.1, 0.15) is 5.82 Å². The molecule has 6 heteroatoms. The highest BCUT2D eigenvalue weighted by Crippen LogP contribution is 2.23. The molecule has 0 spiro atoms. The van der Waals surface area contributed by atoms with E-state index in [-0.39, 0.29) is 11.8 Å². The van der Waals surface area contributed by atoms with Crippen molar-refractivity contribution in [3.8, 4) is 0 Å². The molecule has 4 N–H and O–H groups in total. The topological polar surface area (TPSA) is 108 Å². The van der Waals surface area contributed by atoms with Crippen LogP contribution in [0.2, 0.25) is 0 Å². The van der Waals surface area contributed by atoms with E-state index in [9.17, 15) is 4.79 Å². The number of aryl methyl sites for hydroxylation is 1. The molecule has 0 atom stereocenters. The summed E-state index contributed by atoms with van der Waals surface area (Å²) in [5.41, 5.74) is 13.0. The first-order valence-corrected chi connectivity index (χ1v) is 4.83. The largest absolute Gasteiger partial charge is 0.383 e. The third-order valence-electron chi connectivity index (χ3n) is 2.39. The number of carbonyl (C=O) groups excluding carboxylic acids is 1. The van der Waals surface area contributed by atoms with E-state index >= 15 is 0 Å². The zero-order chi connectivity index (χ0) is 11.7. The minimum absolute atomic E-state index is 0.0819. The van der Waals surface area contributed by atoms with Crippen LogP contribution < -0.4 is 11.5 Å². The van der Waals surface area contributed by atoms with Gasteiger partial charge in [-0.3, -0.25) is 4.79 Å². The summed E-state index contributed by atoms with van der Waals surface area (Å²) < 4.78 is 0. The molecule has 0 aromatic carbocycles. The van der Waals surface area contributed by atoms with Crippen molar-refractivity contribution in [2.24, 2.45) is 0 Å². The van der Waals surface area contributed by atoms with Crippen molar-refractivity contribution in [2.45, 2.75) is 13.3 Å². The number of fused-ring (bicyclic) bond motifs is 1. The van der Waals surface area contributed by atoms with Crippen molar-refractivity contribution in [1.82, 2.24) is 15.0 Å². The van der Waals surface area contributed by atoms with Crippen molar-refractivity contribution in [3.63, 3.8) is 0 Å². The number of aromatic nitrogens is 3. The van der Waals surface area contributed by atoms with Crippen molar-refractivity contribution in [3.05, 3.63) is 17.3 Å². The molecule has 0 bridgehead atoms. The van der Waals surface area contributed by atoms with Gasteiger partial charge in [-0.05, 0) is 12.0 Å². The van der Waals surface area contributed by atoms with E-state index in [0.29, 0.717) is 23.0 Å². The van der Waals surface area contributed by atoms with E-state index in [1.165, 1.54) is 6.20 Å². The highest BCUT2D eigenvalue weighted by atomic mass is 16.1. The predicted molar refractivity (Wildman–Crippen MR) is 60.9 cm³/mol. The Kier molecular flexibility index (Phi) is 2.40. The average molecular weight is 217 g/mol. The standard InChI is InChI=1S/C10H11N5O/c1-2-6-5(4-16)3-13-9-7(6)8(11)14-10(12)15-9/h3-4H,2H2,1H3,(H4,11,12,13,14,15). The van der Waals surface area contributed by atoms with Gasteiger partial charge in [-0.15, -0.1) is 0 Å². The number of carbonyl (C=O) groups is 1.